The standard InChI is InChI=1S/C22H27N5/c1-2-21-24-12-15-27(21)22-17-23-16-19(25-22)20-11-7-14-26(20)13-6-10-18-8-4-3-5-9-18/h3-5,8-9,12,15-17,20H,2,6-7,10-11,13-14H2,1H3. The minimum atomic E-state index is 0.377. The van der Waals surface area contributed by atoms with Crippen LogP contribution in [0.25, 0.3) is 5.82 Å². The van der Waals surface area contributed by atoms with Crippen LogP contribution in [0.5, 0.6) is 0 Å². The Morgan fingerprint density at radius 1 is 1.15 bits per heavy atom. The highest BCUT2D eigenvalue weighted by atomic mass is 15.2. The number of likely N-dealkylation sites (tertiary alicyclic amines) is 1. The normalized spacial score (nSPS) is 17.4. The number of aromatic nitrogens is 4. The van der Waals surface area contributed by atoms with Gasteiger partial charge in [-0.25, -0.2) is 9.97 Å². The van der Waals surface area contributed by atoms with Gasteiger partial charge in [-0.1, -0.05) is 37.3 Å². The summed E-state index contributed by atoms with van der Waals surface area (Å²) >= 11 is 0. The lowest BCUT2D eigenvalue weighted by Crippen LogP contribution is -2.25. The lowest BCUT2D eigenvalue weighted by molar-refractivity contribution is 0.249. The molecule has 3 aromatic rings. The first-order chi connectivity index (χ1) is 13.3. The van der Waals surface area contributed by atoms with E-state index in [0.29, 0.717) is 6.04 Å². The van der Waals surface area contributed by atoms with E-state index in [1.807, 2.05) is 29.4 Å². The summed E-state index contributed by atoms with van der Waals surface area (Å²) < 4.78 is 2.05. The molecule has 1 atom stereocenters. The van der Waals surface area contributed by atoms with Crippen LogP contribution in [0.3, 0.4) is 0 Å². The van der Waals surface area contributed by atoms with Crippen molar-refractivity contribution in [3.63, 3.8) is 0 Å². The van der Waals surface area contributed by atoms with E-state index in [4.69, 9.17) is 4.98 Å². The monoisotopic (exact) mass is 361 g/mol. The fourth-order valence-corrected chi connectivity index (χ4v) is 4.01. The molecule has 140 valence electrons. The summed E-state index contributed by atoms with van der Waals surface area (Å²) in [7, 11) is 0. The molecular weight excluding hydrogens is 334 g/mol. The Hall–Kier alpha value is -2.53. The molecule has 0 amide bonds. The second-order valence-corrected chi connectivity index (χ2v) is 7.15. The number of rotatable bonds is 7. The van der Waals surface area contributed by atoms with E-state index < -0.39 is 0 Å². The molecule has 5 heteroatoms. The van der Waals surface area contributed by atoms with Crippen LogP contribution in [0.2, 0.25) is 0 Å². The van der Waals surface area contributed by atoms with E-state index in [1.165, 1.54) is 18.4 Å². The minimum absolute atomic E-state index is 0.377. The minimum Gasteiger partial charge on any atom is -0.295 e. The second-order valence-electron chi connectivity index (χ2n) is 7.15. The van der Waals surface area contributed by atoms with Crippen LogP contribution in [0.4, 0.5) is 0 Å². The number of benzene rings is 1. The third kappa shape index (κ3) is 4.08. The second kappa shape index (κ2) is 8.44. The highest BCUT2D eigenvalue weighted by Gasteiger charge is 2.27. The van der Waals surface area contributed by atoms with Crippen LogP contribution >= 0.6 is 0 Å². The number of aryl methyl sites for hydroxylation is 2. The Bertz CT molecular complexity index is 858. The molecule has 4 rings (SSSR count). The van der Waals surface area contributed by atoms with Crippen molar-refractivity contribution in [2.45, 2.75) is 45.1 Å². The molecule has 1 unspecified atom stereocenters. The predicted octanol–water partition coefficient (Wildman–Crippen LogP) is 3.99. The Morgan fingerprint density at radius 2 is 2.04 bits per heavy atom. The first-order valence-corrected chi connectivity index (χ1v) is 9.97. The van der Waals surface area contributed by atoms with Crippen LogP contribution in [0.1, 0.15) is 49.3 Å². The van der Waals surface area contributed by atoms with Gasteiger partial charge in [0.05, 0.1) is 24.1 Å². The fraction of sp³-hybridized carbons (Fsp3) is 0.409. The molecule has 1 aromatic carbocycles. The van der Waals surface area contributed by atoms with E-state index in [9.17, 15) is 0 Å². The highest BCUT2D eigenvalue weighted by molar-refractivity contribution is 5.24. The zero-order valence-corrected chi connectivity index (χ0v) is 16.0. The molecule has 5 nitrogen and oxygen atoms in total. The molecule has 27 heavy (non-hydrogen) atoms. The SMILES string of the molecule is CCc1nccn1-c1cncc(C2CCCN2CCCc2ccccc2)n1. The largest absolute Gasteiger partial charge is 0.295 e. The number of nitrogens with zero attached hydrogens (tertiary/aromatic N) is 5. The third-order valence-corrected chi connectivity index (χ3v) is 5.38. The molecule has 0 radical (unpaired) electrons. The van der Waals surface area contributed by atoms with Gasteiger partial charge in [-0.3, -0.25) is 14.5 Å². The van der Waals surface area contributed by atoms with Gasteiger partial charge in [0.15, 0.2) is 5.82 Å². The van der Waals surface area contributed by atoms with Gasteiger partial charge in [0.1, 0.15) is 5.82 Å². The Morgan fingerprint density at radius 3 is 2.89 bits per heavy atom. The molecule has 0 N–H and O–H groups in total. The van der Waals surface area contributed by atoms with Gasteiger partial charge in [-0.2, -0.15) is 0 Å². The summed E-state index contributed by atoms with van der Waals surface area (Å²) in [5.74, 6) is 1.89. The maximum atomic E-state index is 4.94. The third-order valence-electron chi connectivity index (χ3n) is 5.38. The van der Waals surface area contributed by atoms with E-state index in [0.717, 1.165) is 49.7 Å². The average molecular weight is 361 g/mol. The summed E-state index contributed by atoms with van der Waals surface area (Å²) in [5, 5.41) is 0. The Labute approximate surface area is 161 Å². The Balaban J connectivity index is 1.45. The van der Waals surface area contributed by atoms with Gasteiger partial charge < -0.3 is 0 Å². The Kier molecular flexibility index (Phi) is 5.58. The van der Waals surface area contributed by atoms with Crippen molar-refractivity contribution in [1.82, 2.24) is 24.4 Å². The van der Waals surface area contributed by atoms with Crippen LogP contribution in [-0.4, -0.2) is 37.5 Å². The molecule has 1 aliphatic rings. The van der Waals surface area contributed by atoms with Crippen molar-refractivity contribution in [3.8, 4) is 5.82 Å². The summed E-state index contributed by atoms with van der Waals surface area (Å²) in [4.78, 5) is 16.4. The molecule has 1 fully saturated rings. The van der Waals surface area contributed by atoms with E-state index in [-0.39, 0.29) is 0 Å². The quantitative estimate of drug-likeness (QED) is 0.638. The van der Waals surface area contributed by atoms with Crippen molar-refractivity contribution in [1.29, 1.82) is 0 Å². The van der Waals surface area contributed by atoms with Crippen LogP contribution < -0.4 is 0 Å². The van der Waals surface area contributed by atoms with Gasteiger partial charge in [0.25, 0.3) is 0 Å². The van der Waals surface area contributed by atoms with Crippen molar-refractivity contribution >= 4 is 0 Å². The first kappa shape index (κ1) is 17.9. The molecule has 0 aliphatic carbocycles. The van der Waals surface area contributed by atoms with Crippen LogP contribution in [0, 0.1) is 0 Å². The summed E-state index contributed by atoms with van der Waals surface area (Å²) in [5.41, 5.74) is 2.50. The molecule has 0 bridgehead atoms. The average Bonchev–Trinajstić information content (AvgIpc) is 3.38. The van der Waals surface area contributed by atoms with Crippen molar-refractivity contribution in [2.75, 3.05) is 13.1 Å². The molecule has 0 spiro atoms. The lowest BCUT2D eigenvalue weighted by Gasteiger charge is -2.24. The fourth-order valence-electron chi connectivity index (χ4n) is 4.01. The van der Waals surface area contributed by atoms with Gasteiger partial charge in [0.2, 0.25) is 0 Å². The lowest BCUT2D eigenvalue weighted by atomic mass is 10.1. The molecule has 1 aliphatic heterocycles. The topological polar surface area (TPSA) is 46.8 Å². The summed E-state index contributed by atoms with van der Waals surface area (Å²) in [6.07, 6.45) is 13.2. The van der Waals surface area contributed by atoms with E-state index in [2.05, 4.69) is 52.1 Å². The highest BCUT2D eigenvalue weighted by Crippen LogP contribution is 2.31. The first-order valence-electron chi connectivity index (χ1n) is 9.97. The van der Waals surface area contributed by atoms with Gasteiger partial charge in [0, 0.05) is 18.8 Å². The number of imidazole rings is 1. The molecule has 2 aromatic heterocycles. The number of hydrogen-bond acceptors (Lipinski definition) is 4. The van der Waals surface area contributed by atoms with Gasteiger partial charge in [-0.05, 0) is 44.3 Å². The number of hydrogen-bond donors (Lipinski definition) is 0. The van der Waals surface area contributed by atoms with Crippen molar-refractivity contribution in [2.24, 2.45) is 0 Å². The van der Waals surface area contributed by atoms with Crippen molar-refractivity contribution < 1.29 is 0 Å². The van der Waals surface area contributed by atoms with Crippen LogP contribution in [0.15, 0.2) is 55.1 Å². The van der Waals surface area contributed by atoms with Gasteiger partial charge in [-0.15, -0.1) is 0 Å². The molecule has 3 heterocycles. The maximum Gasteiger partial charge on any atom is 0.156 e. The molecule has 0 saturated carbocycles. The van der Waals surface area contributed by atoms with Gasteiger partial charge >= 0.3 is 0 Å². The van der Waals surface area contributed by atoms with Crippen LogP contribution in [-0.2, 0) is 12.8 Å². The predicted molar refractivity (Wildman–Crippen MR) is 107 cm³/mol. The summed E-state index contributed by atoms with van der Waals surface area (Å²) in [6, 6.07) is 11.1. The smallest absolute Gasteiger partial charge is 0.156 e. The van der Waals surface area contributed by atoms with Crippen molar-refractivity contribution in [3.05, 3.63) is 72.2 Å². The maximum absolute atomic E-state index is 4.94. The van der Waals surface area contributed by atoms with E-state index in [1.54, 1.807) is 0 Å². The molecular formula is C22H27N5. The summed E-state index contributed by atoms with van der Waals surface area (Å²) in [6.45, 7) is 4.37. The molecule has 1 saturated heterocycles. The zero-order chi connectivity index (χ0) is 18.5. The zero-order valence-electron chi connectivity index (χ0n) is 16.0. The van der Waals surface area contributed by atoms with E-state index >= 15 is 0 Å².